The Morgan fingerprint density at radius 3 is 2.09 bits per heavy atom. The fourth-order valence-electron chi connectivity index (χ4n) is 2.40. The van der Waals surface area contributed by atoms with Crippen molar-refractivity contribution >= 4 is 34.8 Å². The van der Waals surface area contributed by atoms with Crippen LogP contribution in [-0.4, -0.2) is 49.8 Å². The molecule has 2 aromatic rings. The van der Waals surface area contributed by atoms with Crippen LogP contribution in [-0.2, 0) is 4.79 Å². The first kappa shape index (κ1) is 24.1. The number of non-ortho nitro benzene ring substituents is 1. The molecule has 0 atom stereocenters. The molecule has 0 saturated heterocycles. The van der Waals surface area contributed by atoms with Gasteiger partial charge in [0.15, 0.2) is 23.2 Å². The lowest BCUT2D eigenvalue weighted by Gasteiger charge is -2.15. The van der Waals surface area contributed by atoms with E-state index < -0.39 is 23.3 Å². The second kappa shape index (κ2) is 11.3. The highest BCUT2D eigenvalue weighted by Crippen LogP contribution is 2.38. The number of hydrazine groups is 1. The molecular weight excluding hydrogens is 444 g/mol. The molecule has 0 aliphatic rings. The summed E-state index contributed by atoms with van der Waals surface area (Å²) >= 11 is 4.95. The zero-order valence-corrected chi connectivity index (χ0v) is 18.1. The van der Waals surface area contributed by atoms with Crippen molar-refractivity contribution in [3.63, 3.8) is 0 Å². The number of nitrogens with one attached hydrogen (secondary N) is 3. The predicted molar refractivity (Wildman–Crippen MR) is 116 cm³/mol. The molecule has 2 amide bonds. The Bertz CT molecular complexity index is 988. The van der Waals surface area contributed by atoms with E-state index in [4.69, 9.17) is 31.2 Å². The molecule has 12 nitrogen and oxygen atoms in total. The van der Waals surface area contributed by atoms with Crippen molar-refractivity contribution in [1.29, 1.82) is 0 Å². The van der Waals surface area contributed by atoms with E-state index in [1.807, 2.05) is 0 Å². The van der Waals surface area contributed by atoms with Crippen LogP contribution in [0.5, 0.6) is 23.0 Å². The van der Waals surface area contributed by atoms with Crippen molar-refractivity contribution in [2.45, 2.75) is 0 Å². The van der Waals surface area contributed by atoms with Gasteiger partial charge < -0.3 is 18.9 Å². The van der Waals surface area contributed by atoms with E-state index in [2.05, 4.69) is 16.2 Å². The molecule has 0 unspecified atom stereocenters. The first-order valence-electron chi connectivity index (χ1n) is 8.86. The van der Waals surface area contributed by atoms with Gasteiger partial charge in [-0.3, -0.25) is 35.9 Å². The number of nitro groups is 1. The molecule has 0 heterocycles. The molecule has 13 heteroatoms. The third-order valence-corrected chi connectivity index (χ3v) is 4.09. The number of hydrogen-bond donors (Lipinski definition) is 3. The lowest BCUT2D eigenvalue weighted by Crippen LogP contribution is -2.49. The second-order valence-corrected chi connectivity index (χ2v) is 6.32. The summed E-state index contributed by atoms with van der Waals surface area (Å²) in [7, 11) is 4.27. The summed E-state index contributed by atoms with van der Waals surface area (Å²) in [4.78, 5) is 34.4. The molecule has 2 rings (SSSR count). The van der Waals surface area contributed by atoms with Crippen LogP contribution in [0.15, 0.2) is 36.4 Å². The van der Waals surface area contributed by atoms with Crippen LogP contribution < -0.4 is 35.1 Å². The topological polar surface area (TPSA) is 150 Å². The molecular formula is C19H20N4O8S. The average Bonchev–Trinajstić information content (AvgIpc) is 2.80. The van der Waals surface area contributed by atoms with Crippen molar-refractivity contribution in [1.82, 2.24) is 16.2 Å². The molecule has 0 radical (unpaired) electrons. The van der Waals surface area contributed by atoms with Crippen LogP contribution in [0, 0.1) is 10.1 Å². The maximum atomic E-state index is 12.4. The molecule has 0 fully saturated rings. The van der Waals surface area contributed by atoms with E-state index in [1.165, 1.54) is 57.7 Å². The Morgan fingerprint density at radius 2 is 1.59 bits per heavy atom. The summed E-state index contributed by atoms with van der Waals surface area (Å²) in [6, 6.07) is 8.10. The number of hydrogen-bond acceptors (Lipinski definition) is 9. The number of rotatable bonds is 8. The molecule has 0 saturated carbocycles. The van der Waals surface area contributed by atoms with Gasteiger partial charge in [-0.15, -0.1) is 0 Å². The van der Waals surface area contributed by atoms with Gasteiger partial charge in [-0.05, 0) is 36.5 Å². The van der Waals surface area contributed by atoms with Crippen LogP contribution in [0.4, 0.5) is 5.69 Å². The Kier molecular flexibility index (Phi) is 8.53. The number of benzene rings is 2. The minimum Gasteiger partial charge on any atom is -0.493 e. The zero-order valence-electron chi connectivity index (χ0n) is 17.3. The minimum absolute atomic E-state index is 0.102. The number of carbonyl (C=O) groups is 2. The van der Waals surface area contributed by atoms with E-state index in [0.717, 1.165) is 0 Å². The third kappa shape index (κ3) is 6.43. The second-order valence-electron chi connectivity index (χ2n) is 5.91. The van der Waals surface area contributed by atoms with Crippen molar-refractivity contribution in [3.05, 3.63) is 52.1 Å². The molecule has 0 aliphatic carbocycles. The molecule has 3 N–H and O–H groups in total. The lowest BCUT2D eigenvalue weighted by atomic mass is 10.1. The summed E-state index contributed by atoms with van der Waals surface area (Å²) in [5.74, 6) is -0.0194. The lowest BCUT2D eigenvalue weighted by molar-refractivity contribution is -0.384. The Balaban J connectivity index is 1.86. The monoisotopic (exact) mass is 464 g/mol. The van der Waals surface area contributed by atoms with E-state index in [9.17, 15) is 19.7 Å². The van der Waals surface area contributed by atoms with Crippen molar-refractivity contribution < 1.29 is 33.5 Å². The number of ether oxygens (including phenoxy) is 4. The molecule has 170 valence electrons. The first-order chi connectivity index (χ1) is 15.3. The Morgan fingerprint density at radius 1 is 1.00 bits per heavy atom. The molecule has 0 aliphatic heterocycles. The quantitative estimate of drug-likeness (QED) is 0.297. The molecule has 0 bridgehead atoms. The number of nitro benzene ring substituents is 1. The summed E-state index contributed by atoms with van der Waals surface area (Å²) in [6.07, 6.45) is 0. The smallest absolute Gasteiger partial charge is 0.269 e. The maximum Gasteiger partial charge on any atom is 0.269 e. The summed E-state index contributed by atoms with van der Waals surface area (Å²) in [5, 5.41) is 12.8. The van der Waals surface area contributed by atoms with E-state index in [0.29, 0.717) is 5.75 Å². The largest absolute Gasteiger partial charge is 0.493 e. The van der Waals surface area contributed by atoms with Gasteiger partial charge in [0, 0.05) is 17.7 Å². The standard InChI is InChI=1S/C19H20N4O8S/c1-28-14-8-11(9-15(29-2)17(14)30-3)18(25)21-22-19(32)20-16(24)10-31-13-6-4-12(5-7-13)23(26)27/h4-9H,10H2,1-3H3,(H,21,25)(H2,20,22,24,32). The Labute approximate surface area is 187 Å². The SMILES string of the molecule is COc1cc(C(=O)NNC(=S)NC(=O)COc2ccc([N+](=O)[O-])cc2)cc(OC)c1OC. The van der Waals surface area contributed by atoms with Gasteiger partial charge in [0.1, 0.15) is 5.75 Å². The predicted octanol–water partition coefficient (Wildman–Crippen LogP) is 1.34. The fraction of sp³-hybridized carbons (Fsp3) is 0.211. The van der Waals surface area contributed by atoms with Crippen LogP contribution in [0.25, 0.3) is 0 Å². The number of carbonyl (C=O) groups excluding carboxylic acids is 2. The van der Waals surface area contributed by atoms with Crippen molar-refractivity contribution in [3.8, 4) is 23.0 Å². The highest BCUT2D eigenvalue weighted by atomic mass is 32.1. The van der Waals surface area contributed by atoms with Gasteiger partial charge in [-0.25, -0.2) is 0 Å². The number of methoxy groups -OCH3 is 3. The van der Waals surface area contributed by atoms with E-state index in [1.54, 1.807) is 0 Å². The minimum atomic E-state index is -0.608. The summed E-state index contributed by atoms with van der Waals surface area (Å²) in [5.41, 5.74) is 4.80. The van der Waals surface area contributed by atoms with Crippen molar-refractivity contribution in [2.75, 3.05) is 27.9 Å². The third-order valence-electron chi connectivity index (χ3n) is 3.89. The van der Waals surface area contributed by atoms with Gasteiger partial charge >= 0.3 is 0 Å². The number of nitrogens with zero attached hydrogens (tertiary/aromatic N) is 1. The molecule has 0 aromatic heterocycles. The first-order valence-corrected chi connectivity index (χ1v) is 9.27. The fourth-order valence-corrected chi connectivity index (χ4v) is 2.57. The van der Waals surface area contributed by atoms with E-state index in [-0.39, 0.29) is 33.6 Å². The van der Waals surface area contributed by atoms with Crippen LogP contribution in [0.3, 0.4) is 0 Å². The van der Waals surface area contributed by atoms with Gasteiger partial charge in [0.25, 0.3) is 17.5 Å². The molecule has 0 spiro atoms. The van der Waals surface area contributed by atoms with Gasteiger partial charge in [-0.2, -0.15) is 0 Å². The maximum absolute atomic E-state index is 12.4. The van der Waals surface area contributed by atoms with Crippen LogP contribution in [0.1, 0.15) is 10.4 Å². The molecule has 2 aromatic carbocycles. The van der Waals surface area contributed by atoms with Gasteiger partial charge in [0.2, 0.25) is 5.75 Å². The normalized spacial score (nSPS) is 9.84. The average molecular weight is 464 g/mol. The van der Waals surface area contributed by atoms with E-state index >= 15 is 0 Å². The van der Waals surface area contributed by atoms with Crippen molar-refractivity contribution in [2.24, 2.45) is 0 Å². The van der Waals surface area contributed by atoms with Gasteiger partial charge in [0.05, 0.1) is 26.3 Å². The number of thiocarbonyl (C=S) groups is 1. The van der Waals surface area contributed by atoms with Crippen LogP contribution >= 0.6 is 12.2 Å². The highest BCUT2D eigenvalue weighted by Gasteiger charge is 2.17. The van der Waals surface area contributed by atoms with Gasteiger partial charge in [-0.1, -0.05) is 0 Å². The number of amides is 2. The molecule has 32 heavy (non-hydrogen) atoms. The Hall–Kier alpha value is -4.13. The highest BCUT2D eigenvalue weighted by molar-refractivity contribution is 7.80. The summed E-state index contributed by atoms with van der Waals surface area (Å²) < 4.78 is 20.8. The van der Waals surface area contributed by atoms with Crippen LogP contribution in [0.2, 0.25) is 0 Å². The zero-order chi connectivity index (χ0) is 23.7. The summed E-state index contributed by atoms with van der Waals surface area (Å²) in [6.45, 7) is -0.402.